The van der Waals surface area contributed by atoms with Crippen LogP contribution in [0.25, 0.3) is 0 Å². The van der Waals surface area contributed by atoms with Crippen LogP contribution in [0.3, 0.4) is 0 Å². The highest BCUT2D eigenvalue weighted by atomic mass is 16.1. The Kier molecular flexibility index (Phi) is 3.85. The van der Waals surface area contributed by atoms with E-state index in [9.17, 15) is 4.79 Å². The van der Waals surface area contributed by atoms with Crippen LogP contribution in [-0.2, 0) is 7.05 Å². The van der Waals surface area contributed by atoms with Gasteiger partial charge in [0.1, 0.15) is 0 Å². The van der Waals surface area contributed by atoms with Gasteiger partial charge in [0.15, 0.2) is 5.82 Å². The molecule has 1 aromatic rings. The lowest BCUT2D eigenvalue weighted by atomic mass is 10.3. The lowest BCUT2D eigenvalue weighted by Gasteiger charge is -2.20. The fourth-order valence-electron chi connectivity index (χ4n) is 1.05. The van der Waals surface area contributed by atoms with Crippen LogP contribution in [0.15, 0.2) is 17.2 Å². The molecule has 0 bridgehead atoms. The molecule has 0 amide bonds. The predicted molar refractivity (Wildman–Crippen MR) is 61.1 cm³/mol. The maximum Gasteiger partial charge on any atom is 0.293 e. The van der Waals surface area contributed by atoms with Gasteiger partial charge in [-0.05, 0) is 21.0 Å². The molecule has 0 radical (unpaired) electrons. The van der Waals surface area contributed by atoms with Gasteiger partial charge in [-0.3, -0.25) is 4.79 Å². The van der Waals surface area contributed by atoms with E-state index >= 15 is 0 Å². The summed E-state index contributed by atoms with van der Waals surface area (Å²) in [4.78, 5) is 17.7. The summed E-state index contributed by atoms with van der Waals surface area (Å²) in [7, 11) is 5.72. The fraction of sp³-hybridized carbons (Fsp3) is 0.600. The Bertz CT molecular complexity index is 372. The zero-order valence-electron chi connectivity index (χ0n) is 9.69. The van der Waals surface area contributed by atoms with Gasteiger partial charge in [-0.2, -0.15) is 0 Å². The molecule has 5 heteroatoms. The van der Waals surface area contributed by atoms with Crippen molar-refractivity contribution in [1.82, 2.24) is 14.5 Å². The van der Waals surface area contributed by atoms with Crippen LogP contribution in [-0.4, -0.2) is 41.1 Å². The molecule has 0 aromatic carbocycles. The summed E-state index contributed by atoms with van der Waals surface area (Å²) in [5, 5.41) is 3.05. The van der Waals surface area contributed by atoms with Crippen LogP contribution >= 0.6 is 0 Å². The lowest BCUT2D eigenvalue weighted by Crippen LogP contribution is -2.33. The largest absolute Gasteiger partial charge is 0.364 e. The normalized spacial score (nSPS) is 12.9. The SMILES string of the molecule is CC(CNc1nccn(C)c1=O)N(C)C. The van der Waals surface area contributed by atoms with Crippen molar-refractivity contribution >= 4 is 5.82 Å². The monoisotopic (exact) mass is 210 g/mol. The second kappa shape index (κ2) is 4.93. The second-order valence-electron chi connectivity index (χ2n) is 3.89. The zero-order chi connectivity index (χ0) is 11.4. The number of anilines is 1. The van der Waals surface area contributed by atoms with E-state index in [2.05, 4.69) is 22.1 Å². The van der Waals surface area contributed by atoms with Crippen LogP contribution in [0, 0.1) is 0 Å². The Hall–Kier alpha value is -1.36. The Balaban J connectivity index is 2.66. The molecular formula is C10H18N4O. The number of hydrogen-bond acceptors (Lipinski definition) is 4. The molecule has 1 heterocycles. The van der Waals surface area contributed by atoms with Crippen molar-refractivity contribution in [1.29, 1.82) is 0 Å². The summed E-state index contributed by atoms with van der Waals surface area (Å²) < 4.78 is 1.51. The average molecular weight is 210 g/mol. The molecule has 0 aliphatic carbocycles. The number of aromatic nitrogens is 2. The van der Waals surface area contributed by atoms with Crippen molar-refractivity contribution in [3.63, 3.8) is 0 Å². The Morgan fingerprint density at radius 3 is 2.87 bits per heavy atom. The topological polar surface area (TPSA) is 50.2 Å². The first-order chi connectivity index (χ1) is 7.02. The van der Waals surface area contributed by atoms with Gasteiger partial charge in [0.2, 0.25) is 0 Å². The summed E-state index contributed by atoms with van der Waals surface area (Å²) in [6.45, 7) is 2.79. The van der Waals surface area contributed by atoms with E-state index < -0.39 is 0 Å². The molecule has 0 aliphatic heterocycles. The van der Waals surface area contributed by atoms with Crippen molar-refractivity contribution in [2.45, 2.75) is 13.0 Å². The molecule has 1 aromatic heterocycles. The fourth-order valence-corrected chi connectivity index (χ4v) is 1.05. The van der Waals surface area contributed by atoms with Crippen LogP contribution in [0.4, 0.5) is 5.82 Å². The predicted octanol–water partition coefficient (Wildman–Crippen LogP) is 0.142. The number of nitrogens with zero attached hydrogens (tertiary/aromatic N) is 3. The van der Waals surface area contributed by atoms with E-state index in [0.717, 1.165) is 0 Å². The van der Waals surface area contributed by atoms with E-state index in [4.69, 9.17) is 0 Å². The standard InChI is InChI=1S/C10H18N4O/c1-8(13(2)3)7-12-9-10(15)14(4)6-5-11-9/h5-6,8H,7H2,1-4H3,(H,11,12). The van der Waals surface area contributed by atoms with Crippen molar-refractivity contribution in [3.05, 3.63) is 22.7 Å². The number of rotatable bonds is 4. The minimum atomic E-state index is -0.0940. The molecule has 15 heavy (non-hydrogen) atoms. The summed E-state index contributed by atoms with van der Waals surface area (Å²) >= 11 is 0. The maximum absolute atomic E-state index is 11.6. The molecule has 0 fully saturated rings. The molecule has 1 atom stereocenters. The molecule has 0 aliphatic rings. The quantitative estimate of drug-likeness (QED) is 0.768. The molecule has 0 saturated carbocycles. The first kappa shape index (κ1) is 11.7. The van der Waals surface area contributed by atoms with Crippen molar-refractivity contribution in [2.75, 3.05) is 26.0 Å². The summed E-state index contributed by atoms with van der Waals surface area (Å²) in [6, 6.07) is 0.358. The van der Waals surface area contributed by atoms with Crippen LogP contribution in [0.5, 0.6) is 0 Å². The summed E-state index contributed by atoms with van der Waals surface area (Å²) in [5.74, 6) is 0.411. The van der Waals surface area contributed by atoms with Crippen LogP contribution in [0.1, 0.15) is 6.92 Å². The Morgan fingerprint density at radius 1 is 1.60 bits per heavy atom. The number of likely N-dealkylation sites (N-methyl/N-ethyl adjacent to an activating group) is 1. The van der Waals surface area contributed by atoms with Gasteiger partial charge in [0, 0.05) is 32.0 Å². The molecule has 1 unspecified atom stereocenters. The first-order valence-electron chi connectivity index (χ1n) is 4.94. The third-order valence-electron chi connectivity index (χ3n) is 2.46. The van der Waals surface area contributed by atoms with E-state index in [0.29, 0.717) is 18.4 Å². The second-order valence-corrected chi connectivity index (χ2v) is 3.89. The Labute approximate surface area is 89.7 Å². The molecule has 1 rings (SSSR count). The van der Waals surface area contributed by atoms with Gasteiger partial charge in [-0.15, -0.1) is 0 Å². The molecule has 84 valence electrons. The highest BCUT2D eigenvalue weighted by Crippen LogP contribution is 1.95. The third kappa shape index (κ3) is 3.06. The summed E-state index contributed by atoms with van der Waals surface area (Å²) in [5.41, 5.74) is -0.0940. The summed E-state index contributed by atoms with van der Waals surface area (Å²) in [6.07, 6.45) is 3.26. The highest BCUT2D eigenvalue weighted by molar-refractivity contribution is 5.30. The van der Waals surface area contributed by atoms with Gasteiger partial charge < -0.3 is 14.8 Å². The van der Waals surface area contributed by atoms with Gasteiger partial charge >= 0.3 is 0 Å². The molecule has 0 spiro atoms. The van der Waals surface area contributed by atoms with Crippen molar-refractivity contribution < 1.29 is 0 Å². The molecule has 5 nitrogen and oxygen atoms in total. The number of hydrogen-bond donors (Lipinski definition) is 1. The van der Waals surface area contributed by atoms with Gasteiger partial charge in [-0.1, -0.05) is 0 Å². The minimum absolute atomic E-state index is 0.0940. The number of aryl methyl sites for hydroxylation is 1. The molecule has 1 N–H and O–H groups in total. The third-order valence-corrected chi connectivity index (χ3v) is 2.46. The average Bonchev–Trinajstić information content (AvgIpc) is 2.19. The molecular weight excluding hydrogens is 192 g/mol. The lowest BCUT2D eigenvalue weighted by molar-refractivity contribution is 0.326. The van der Waals surface area contributed by atoms with Crippen LogP contribution in [0.2, 0.25) is 0 Å². The maximum atomic E-state index is 11.6. The van der Waals surface area contributed by atoms with E-state index in [-0.39, 0.29) is 5.56 Å². The van der Waals surface area contributed by atoms with Crippen LogP contribution < -0.4 is 10.9 Å². The minimum Gasteiger partial charge on any atom is -0.364 e. The van der Waals surface area contributed by atoms with Gasteiger partial charge in [0.05, 0.1) is 0 Å². The highest BCUT2D eigenvalue weighted by Gasteiger charge is 2.06. The van der Waals surface area contributed by atoms with E-state index in [1.807, 2.05) is 14.1 Å². The number of nitrogens with one attached hydrogen (secondary N) is 1. The van der Waals surface area contributed by atoms with Crippen molar-refractivity contribution in [2.24, 2.45) is 7.05 Å². The molecule has 0 saturated heterocycles. The Morgan fingerprint density at radius 2 is 2.27 bits per heavy atom. The van der Waals surface area contributed by atoms with E-state index in [1.165, 1.54) is 4.57 Å². The zero-order valence-corrected chi connectivity index (χ0v) is 9.69. The van der Waals surface area contributed by atoms with Crippen molar-refractivity contribution in [3.8, 4) is 0 Å². The van der Waals surface area contributed by atoms with E-state index in [1.54, 1.807) is 19.4 Å². The van der Waals surface area contributed by atoms with Gasteiger partial charge in [0.25, 0.3) is 5.56 Å². The van der Waals surface area contributed by atoms with Gasteiger partial charge in [-0.25, -0.2) is 4.98 Å². The smallest absolute Gasteiger partial charge is 0.293 e. The first-order valence-corrected chi connectivity index (χ1v) is 4.94.